The fraction of sp³-hybridized carbons (Fsp3) is 0.357. The maximum Gasteiger partial charge on any atom is 0.137 e. The second-order valence-corrected chi connectivity index (χ2v) is 5.66. The van der Waals surface area contributed by atoms with E-state index < -0.39 is 0 Å². The second kappa shape index (κ2) is 6.03. The van der Waals surface area contributed by atoms with Crippen molar-refractivity contribution < 1.29 is 9.13 Å². The molecule has 1 saturated heterocycles. The minimum atomic E-state index is -0.253. The molecule has 1 aliphatic rings. The van der Waals surface area contributed by atoms with Crippen molar-refractivity contribution in [2.75, 3.05) is 19.7 Å². The molecule has 0 aliphatic carbocycles. The normalized spacial score (nSPS) is 20.2. The maximum atomic E-state index is 13.3. The van der Waals surface area contributed by atoms with Crippen molar-refractivity contribution in [1.82, 2.24) is 14.9 Å². The van der Waals surface area contributed by atoms with E-state index in [9.17, 15) is 4.39 Å². The van der Waals surface area contributed by atoms with Gasteiger partial charge < -0.3 is 9.72 Å². The summed E-state index contributed by atoms with van der Waals surface area (Å²) in [5.41, 5.74) is 0.988. The lowest BCUT2D eigenvalue weighted by Crippen LogP contribution is -2.38. The molecular formula is C14H15BrFN3O. The van der Waals surface area contributed by atoms with Crippen LogP contribution in [0.25, 0.3) is 0 Å². The minimum Gasteiger partial charge on any atom is -0.371 e. The Labute approximate surface area is 125 Å². The van der Waals surface area contributed by atoms with E-state index >= 15 is 0 Å². The first-order valence-corrected chi connectivity index (χ1v) is 7.29. The standard InChI is InChI=1S/C14H15BrFN3O/c15-11-7-10(1-2-12(11)16)13-8-19(5-6-20-13)9-14-17-3-4-18-14/h1-4,7,13H,5-6,8-9H2,(H,17,18). The monoisotopic (exact) mass is 339 g/mol. The Morgan fingerprint density at radius 1 is 1.50 bits per heavy atom. The molecule has 106 valence electrons. The zero-order chi connectivity index (χ0) is 13.9. The van der Waals surface area contributed by atoms with E-state index in [-0.39, 0.29) is 11.9 Å². The molecule has 1 atom stereocenters. The number of rotatable bonds is 3. The SMILES string of the molecule is Fc1ccc(C2CN(Cc3ncc[nH]3)CCO2)cc1Br. The van der Waals surface area contributed by atoms with Gasteiger partial charge in [-0.05, 0) is 33.6 Å². The number of nitrogens with one attached hydrogen (secondary N) is 1. The van der Waals surface area contributed by atoms with Gasteiger partial charge in [0.15, 0.2) is 0 Å². The first-order chi connectivity index (χ1) is 9.72. The molecule has 1 N–H and O–H groups in total. The van der Waals surface area contributed by atoms with Gasteiger partial charge in [0.25, 0.3) is 0 Å². The van der Waals surface area contributed by atoms with E-state index in [4.69, 9.17) is 4.74 Å². The first kappa shape index (κ1) is 13.7. The highest BCUT2D eigenvalue weighted by Gasteiger charge is 2.23. The highest BCUT2D eigenvalue weighted by Crippen LogP contribution is 2.26. The zero-order valence-electron chi connectivity index (χ0n) is 10.9. The van der Waals surface area contributed by atoms with Crippen LogP contribution in [0.1, 0.15) is 17.5 Å². The van der Waals surface area contributed by atoms with Crippen molar-refractivity contribution in [3.05, 3.63) is 52.3 Å². The largest absolute Gasteiger partial charge is 0.371 e. The maximum absolute atomic E-state index is 13.3. The number of morpholine rings is 1. The van der Waals surface area contributed by atoms with Gasteiger partial charge in [0.05, 0.1) is 23.7 Å². The Balaban J connectivity index is 1.69. The first-order valence-electron chi connectivity index (χ1n) is 6.49. The molecule has 2 heterocycles. The van der Waals surface area contributed by atoms with Gasteiger partial charge in [0.1, 0.15) is 11.6 Å². The van der Waals surface area contributed by atoms with Crippen LogP contribution in [-0.4, -0.2) is 34.6 Å². The average molecular weight is 340 g/mol. The van der Waals surface area contributed by atoms with Crippen LogP contribution in [0.2, 0.25) is 0 Å². The highest BCUT2D eigenvalue weighted by molar-refractivity contribution is 9.10. The average Bonchev–Trinajstić information content (AvgIpc) is 2.95. The van der Waals surface area contributed by atoms with Crippen LogP contribution in [0.5, 0.6) is 0 Å². The van der Waals surface area contributed by atoms with Gasteiger partial charge >= 0.3 is 0 Å². The summed E-state index contributed by atoms with van der Waals surface area (Å²) in [4.78, 5) is 9.63. The number of ether oxygens (including phenoxy) is 1. The quantitative estimate of drug-likeness (QED) is 0.934. The topological polar surface area (TPSA) is 41.2 Å². The summed E-state index contributed by atoms with van der Waals surface area (Å²) in [5, 5.41) is 0. The van der Waals surface area contributed by atoms with E-state index in [1.54, 1.807) is 18.3 Å². The zero-order valence-corrected chi connectivity index (χ0v) is 12.4. The molecule has 0 spiro atoms. The molecule has 0 bridgehead atoms. The third kappa shape index (κ3) is 3.08. The van der Waals surface area contributed by atoms with Crippen LogP contribution < -0.4 is 0 Å². The predicted octanol–water partition coefficient (Wildman–Crippen LogP) is 2.88. The number of benzene rings is 1. The van der Waals surface area contributed by atoms with Crippen LogP contribution >= 0.6 is 15.9 Å². The van der Waals surface area contributed by atoms with Crippen LogP contribution in [0.3, 0.4) is 0 Å². The van der Waals surface area contributed by atoms with Crippen molar-refractivity contribution in [1.29, 1.82) is 0 Å². The lowest BCUT2D eigenvalue weighted by Gasteiger charge is -2.32. The molecule has 4 nitrogen and oxygen atoms in total. The van der Waals surface area contributed by atoms with Crippen molar-refractivity contribution in [2.45, 2.75) is 12.6 Å². The number of aromatic nitrogens is 2. The predicted molar refractivity (Wildman–Crippen MR) is 76.7 cm³/mol. The number of nitrogens with zero attached hydrogens (tertiary/aromatic N) is 2. The number of imidazole rings is 1. The molecule has 1 fully saturated rings. The highest BCUT2D eigenvalue weighted by atomic mass is 79.9. The molecule has 2 aromatic rings. The lowest BCUT2D eigenvalue weighted by atomic mass is 10.1. The molecule has 3 rings (SSSR count). The molecule has 0 radical (unpaired) electrons. The van der Waals surface area contributed by atoms with Crippen LogP contribution in [0, 0.1) is 5.82 Å². The number of aromatic amines is 1. The van der Waals surface area contributed by atoms with Crippen molar-refractivity contribution in [2.24, 2.45) is 0 Å². The van der Waals surface area contributed by atoms with E-state index in [0.717, 1.165) is 31.0 Å². The molecule has 1 aliphatic heterocycles. The smallest absolute Gasteiger partial charge is 0.137 e. The number of hydrogen-bond acceptors (Lipinski definition) is 3. The van der Waals surface area contributed by atoms with Gasteiger partial charge in [-0.3, -0.25) is 4.90 Å². The van der Waals surface area contributed by atoms with E-state index in [1.165, 1.54) is 6.07 Å². The van der Waals surface area contributed by atoms with Crippen LogP contribution in [0.15, 0.2) is 35.1 Å². The van der Waals surface area contributed by atoms with E-state index in [0.29, 0.717) is 11.1 Å². The number of hydrogen-bond donors (Lipinski definition) is 1. The summed E-state index contributed by atoms with van der Waals surface area (Å²) in [5.74, 6) is 0.697. The Morgan fingerprint density at radius 3 is 3.15 bits per heavy atom. The Kier molecular flexibility index (Phi) is 4.14. The molecule has 0 saturated carbocycles. The Hall–Kier alpha value is -1.24. The Morgan fingerprint density at radius 2 is 2.40 bits per heavy atom. The molecular weight excluding hydrogens is 325 g/mol. The Bertz CT molecular complexity index is 576. The molecule has 0 amide bonds. The van der Waals surface area contributed by atoms with Gasteiger partial charge in [0, 0.05) is 25.5 Å². The summed E-state index contributed by atoms with van der Waals surface area (Å²) in [6, 6.07) is 5.03. The molecule has 20 heavy (non-hydrogen) atoms. The summed E-state index contributed by atoms with van der Waals surface area (Å²) in [7, 11) is 0. The number of halogens is 2. The lowest BCUT2D eigenvalue weighted by molar-refractivity contribution is -0.0336. The van der Waals surface area contributed by atoms with Gasteiger partial charge in [-0.1, -0.05) is 6.07 Å². The van der Waals surface area contributed by atoms with Gasteiger partial charge in [0.2, 0.25) is 0 Å². The fourth-order valence-corrected chi connectivity index (χ4v) is 2.75. The van der Waals surface area contributed by atoms with Gasteiger partial charge in [-0.15, -0.1) is 0 Å². The van der Waals surface area contributed by atoms with Gasteiger partial charge in [-0.2, -0.15) is 0 Å². The summed E-state index contributed by atoms with van der Waals surface area (Å²) in [6.45, 7) is 3.09. The summed E-state index contributed by atoms with van der Waals surface area (Å²) in [6.07, 6.45) is 3.55. The molecule has 6 heteroatoms. The number of H-pyrrole nitrogens is 1. The van der Waals surface area contributed by atoms with Crippen LogP contribution in [-0.2, 0) is 11.3 Å². The third-order valence-electron chi connectivity index (χ3n) is 3.39. The molecule has 1 aromatic carbocycles. The second-order valence-electron chi connectivity index (χ2n) is 4.80. The summed E-state index contributed by atoms with van der Waals surface area (Å²) < 4.78 is 19.6. The fourth-order valence-electron chi connectivity index (χ4n) is 2.36. The minimum absolute atomic E-state index is 0.0318. The van der Waals surface area contributed by atoms with Crippen molar-refractivity contribution in [3.63, 3.8) is 0 Å². The third-order valence-corrected chi connectivity index (χ3v) is 4.00. The van der Waals surface area contributed by atoms with Crippen molar-refractivity contribution in [3.8, 4) is 0 Å². The van der Waals surface area contributed by atoms with Gasteiger partial charge in [-0.25, -0.2) is 9.37 Å². The molecule has 1 aromatic heterocycles. The van der Waals surface area contributed by atoms with E-state index in [1.807, 2.05) is 6.20 Å². The van der Waals surface area contributed by atoms with Crippen LogP contribution in [0.4, 0.5) is 4.39 Å². The molecule has 1 unspecified atom stereocenters. The van der Waals surface area contributed by atoms with Crippen molar-refractivity contribution >= 4 is 15.9 Å². The summed E-state index contributed by atoms with van der Waals surface area (Å²) >= 11 is 3.22. The van der Waals surface area contributed by atoms with E-state index in [2.05, 4.69) is 30.8 Å².